The monoisotopic (exact) mass is 1600 g/mol. The van der Waals surface area contributed by atoms with E-state index >= 15 is 0 Å². The van der Waals surface area contributed by atoms with E-state index in [1.807, 2.05) is 48.5 Å². The summed E-state index contributed by atoms with van der Waals surface area (Å²) in [4.78, 5) is 141. The molecule has 0 N–H and O–H groups in total. The number of hydrogen-bond acceptors (Lipinski definition) is 19. The van der Waals surface area contributed by atoms with Crippen LogP contribution in [0.2, 0.25) is 5.02 Å². The number of methoxy groups -OCH3 is 1. The van der Waals surface area contributed by atoms with E-state index in [4.69, 9.17) is 44.8 Å². The molecule has 115 heavy (non-hydrogen) atoms. The number of carbonyl (C=O) groups is 12. The van der Waals surface area contributed by atoms with E-state index in [0.717, 1.165) is 42.4 Å². The van der Waals surface area contributed by atoms with Gasteiger partial charge in [0.15, 0.2) is 33.6 Å². The number of esters is 6. The summed E-state index contributed by atoms with van der Waals surface area (Å²) in [5.74, 6) is -3.98. The van der Waals surface area contributed by atoms with E-state index in [9.17, 15) is 57.5 Å². The van der Waals surface area contributed by atoms with Gasteiger partial charge in [0.25, 0.3) is 0 Å². The summed E-state index contributed by atoms with van der Waals surface area (Å²) in [5, 5.41) is 0.544. The molecule has 0 aromatic heterocycles. The van der Waals surface area contributed by atoms with E-state index in [-0.39, 0.29) is 40.3 Å². The van der Waals surface area contributed by atoms with Gasteiger partial charge in [0.2, 0.25) is 34.7 Å². The number of hydrogen-bond donors (Lipinski definition) is 0. The number of Topliss-reactive ketones (excluding diaryl/α,β-unsaturated/α-hetero) is 6. The zero-order valence-corrected chi connectivity index (χ0v) is 70.9. The standard InChI is InChI=1S/C25H38O3.C16H20O3.C14H16O4.C14H16O3.C13H13ClO3.C13H14O3/c1-5-7-8-9-10-11-12-13-14-15-16-21-17-19-22(20-18-21)24(27)25(3,4)28-23(26)6-2;1-6-14(17)19-16(4,5)15(18)13-9-7-12(8-10-13)11(2)3;1-5-12(15)18-14(2,3)13(16)10-6-8-11(17-4)9-7-10;1-10(2)13(16)17-14(3,4)12(15)11-8-6-5-7-9-11;1-4-11(15)17-13(2,3)12(16)9-5-7-10(14)8-6-9;1-4-11(14)16-13(2,3)12(15)10-8-6-5-7-9-10/h6,17-20H,2,5,7-16H2,1,3-4H3;6-11H,1H2,2-5H3;5-9H,1H2,2-4H3;5-9H,1H2,2-4H3;4-8H,1H2,2-3H3;4-9H,1H2,2-3H3. The minimum absolute atomic E-state index is 0.201. The molecule has 0 fully saturated rings. The number of aryl methyl sites for hydroxylation is 1. The molecule has 0 aliphatic carbocycles. The molecular formula is C95H117ClO19. The summed E-state index contributed by atoms with van der Waals surface area (Å²) in [6.45, 7) is 46.8. The molecule has 20 heteroatoms. The highest BCUT2D eigenvalue weighted by molar-refractivity contribution is 6.30. The number of benzene rings is 6. The van der Waals surface area contributed by atoms with Gasteiger partial charge in [0.05, 0.1) is 7.11 Å². The van der Waals surface area contributed by atoms with Crippen LogP contribution in [0.3, 0.4) is 0 Å². The molecule has 0 atom stereocenters. The lowest BCUT2D eigenvalue weighted by Gasteiger charge is -2.23. The van der Waals surface area contributed by atoms with Crippen molar-refractivity contribution in [2.24, 2.45) is 0 Å². The number of rotatable bonds is 37. The summed E-state index contributed by atoms with van der Waals surface area (Å²) in [6.07, 6.45) is 19.6. The SMILES string of the molecule is C=C(C)C(=O)OC(C)(C)C(=O)c1ccccc1.C=CC(=O)OC(C)(C)C(=O)c1ccc(C(C)C)cc1.C=CC(=O)OC(C)(C)C(=O)c1ccc(CCCCCCCCCCCC)cc1.C=CC(=O)OC(C)(C)C(=O)c1ccc(Cl)cc1.C=CC(=O)OC(C)(C)C(=O)c1ccc(OC)cc1.C=CC(=O)OC(C)(C)C(=O)c1ccccc1. The number of ether oxygens (including phenoxy) is 7. The molecule has 0 aliphatic heterocycles. The fourth-order valence-corrected chi connectivity index (χ4v) is 10.5. The van der Waals surface area contributed by atoms with Gasteiger partial charge < -0.3 is 33.2 Å². The third kappa shape index (κ3) is 37.5. The average Bonchev–Trinajstić information content (AvgIpc) is 0.789. The van der Waals surface area contributed by atoms with Crippen LogP contribution >= 0.6 is 11.6 Å². The Labute approximate surface area is 685 Å². The average molecular weight is 1600 g/mol. The molecule has 0 radical (unpaired) electrons. The molecule has 0 amide bonds. The van der Waals surface area contributed by atoms with Crippen LogP contribution in [0.4, 0.5) is 0 Å². The first-order chi connectivity index (χ1) is 53.8. The molecule has 0 saturated carbocycles. The molecule has 6 aromatic carbocycles. The van der Waals surface area contributed by atoms with Gasteiger partial charge >= 0.3 is 35.8 Å². The number of carbonyl (C=O) groups excluding carboxylic acids is 12. The highest BCUT2D eigenvalue weighted by Gasteiger charge is 2.37. The molecule has 0 bridgehead atoms. The maximum Gasteiger partial charge on any atom is 0.334 e. The van der Waals surface area contributed by atoms with Crippen LogP contribution in [-0.4, -0.2) is 111 Å². The quantitative estimate of drug-likeness (QED) is 0.0115. The third-order valence-corrected chi connectivity index (χ3v) is 17.2. The summed E-state index contributed by atoms with van der Waals surface area (Å²) in [6, 6.07) is 45.5. The van der Waals surface area contributed by atoms with Gasteiger partial charge in [-0.15, -0.1) is 0 Å². The fraction of sp³-hybridized carbons (Fsp3) is 0.368. The first-order valence-corrected chi connectivity index (χ1v) is 38.3. The van der Waals surface area contributed by atoms with Crippen LogP contribution in [0.25, 0.3) is 0 Å². The van der Waals surface area contributed by atoms with Gasteiger partial charge in [-0.05, 0) is 168 Å². The Morgan fingerprint density at radius 2 is 0.591 bits per heavy atom. The van der Waals surface area contributed by atoms with Crippen molar-refractivity contribution < 1.29 is 90.7 Å². The molecular weight excluding hydrogens is 1480 g/mol. The summed E-state index contributed by atoms with van der Waals surface area (Å²) in [7, 11) is 1.55. The minimum Gasteiger partial charge on any atom is -0.497 e. The highest BCUT2D eigenvalue weighted by atomic mass is 35.5. The Balaban J connectivity index is 0.000000698. The van der Waals surface area contributed by atoms with E-state index in [0.29, 0.717) is 50.1 Å². The van der Waals surface area contributed by atoms with Gasteiger partial charge in [-0.1, -0.05) is 239 Å². The Bertz CT molecular complexity index is 4250. The molecule has 0 unspecified atom stereocenters. The number of halogens is 1. The zero-order valence-electron chi connectivity index (χ0n) is 70.1. The Hall–Kier alpha value is -11.3. The second-order valence-electron chi connectivity index (χ2n) is 29.7. The van der Waals surface area contributed by atoms with Crippen LogP contribution < -0.4 is 4.74 Å². The van der Waals surface area contributed by atoms with E-state index in [2.05, 4.69) is 60.2 Å². The van der Waals surface area contributed by atoms with Crippen molar-refractivity contribution in [2.75, 3.05) is 7.11 Å². The molecule has 6 rings (SSSR count). The molecule has 6 aromatic rings. The van der Waals surface area contributed by atoms with Crippen molar-refractivity contribution in [3.63, 3.8) is 0 Å². The molecule has 618 valence electrons. The first kappa shape index (κ1) is 102. The van der Waals surface area contributed by atoms with Crippen LogP contribution in [-0.2, 0) is 63.6 Å². The zero-order chi connectivity index (χ0) is 87.5. The van der Waals surface area contributed by atoms with Crippen LogP contribution in [0, 0.1) is 0 Å². The maximum atomic E-state index is 12.6. The van der Waals surface area contributed by atoms with Gasteiger partial charge in [-0.2, -0.15) is 0 Å². The molecule has 0 saturated heterocycles. The largest absolute Gasteiger partial charge is 0.497 e. The topological polar surface area (TPSA) is 269 Å². The molecule has 19 nitrogen and oxygen atoms in total. The lowest BCUT2D eigenvalue weighted by Crippen LogP contribution is -2.37. The predicted molar refractivity (Wildman–Crippen MR) is 453 cm³/mol. The van der Waals surface area contributed by atoms with Crippen molar-refractivity contribution >= 4 is 82.1 Å². The lowest BCUT2D eigenvalue weighted by molar-refractivity contribution is -0.148. The maximum absolute atomic E-state index is 12.6. The van der Waals surface area contributed by atoms with Gasteiger partial charge in [0, 0.05) is 74.4 Å². The minimum atomic E-state index is -1.22. The first-order valence-electron chi connectivity index (χ1n) is 37.9. The predicted octanol–water partition coefficient (Wildman–Crippen LogP) is 20.9. The van der Waals surface area contributed by atoms with E-state index < -0.39 is 69.4 Å². The summed E-state index contributed by atoms with van der Waals surface area (Å²) in [5.41, 5.74) is -1.46. The molecule has 0 aliphatic rings. The van der Waals surface area contributed by atoms with Crippen molar-refractivity contribution in [3.05, 3.63) is 283 Å². The van der Waals surface area contributed by atoms with Crippen LogP contribution in [0.1, 0.15) is 254 Å². The number of ketones is 6. The van der Waals surface area contributed by atoms with Crippen LogP contribution in [0.15, 0.2) is 233 Å². The van der Waals surface area contributed by atoms with Crippen molar-refractivity contribution in [1.82, 2.24) is 0 Å². The fourth-order valence-electron chi connectivity index (χ4n) is 10.3. The Kier molecular flexibility index (Phi) is 44.2. The third-order valence-electron chi connectivity index (χ3n) is 17.0. The smallest absolute Gasteiger partial charge is 0.334 e. The van der Waals surface area contributed by atoms with E-state index in [1.54, 1.807) is 192 Å². The van der Waals surface area contributed by atoms with E-state index in [1.165, 1.54) is 83.6 Å². The summed E-state index contributed by atoms with van der Waals surface area (Å²) >= 11 is 5.73. The van der Waals surface area contributed by atoms with Crippen molar-refractivity contribution in [2.45, 2.75) is 221 Å². The molecule has 0 spiro atoms. The second kappa shape index (κ2) is 50.0. The number of unbranched alkanes of at least 4 members (excludes halogenated alkanes) is 9. The van der Waals surface area contributed by atoms with Gasteiger partial charge in [0.1, 0.15) is 5.75 Å². The van der Waals surface area contributed by atoms with Gasteiger partial charge in [-0.25, -0.2) is 28.8 Å². The lowest BCUT2D eigenvalue weighted by atomic mass is 9.94. The molecule has 0 heterocycles. The van der Waals surface area contributed by atoms with Crippen LogP contribution in [0.5, 0.6) is 5.75 Å². The Morgan fingerprint density at radius 3 is 0.852 bits per heavy atom. The normalized spacial score (nSPS) is 10.9. The van der Waals surface area contributed by atoms with Crippen molar-refractivity contribution in [1.29, 1.82) is 0 Å². The Morgan fingerprint density at radius 1 is 0.348 bits per heavy atom. The van der Waals surface area contributed by atoms with Crippen molar-refractivity contribution in [3.8, 4) is 5.75 Å². The second-order valence-corrected chi connectivity index (χ2v) is 30.1. The summed E-state index contributed by atoms with van der Waals surface area (Å²) < 4.78 is 35.4. The van der Waals surface area contributed by atoms with Gasteiger partial charge in [-0.3, -0.25) is 28.8 Å². The highest BCUT2D eigenvalue weighted by Crippen LogP contribution is 2.26.